The van der Waals surface area contributed by atoms with Crippen molar-refractivity contribution >= 4 is 69.2 Å². The van der Waals surface area contributed by atoms with E-state index in [9.17, 15) is 8.42 Å². The molecule has 0 rings (SSSR count). The van der Waals surface area contributed by atoms with E-state index in [1.807, 2.05) is 0 Å². The van der Waals surface area contributed by atoms with Gasteiger partial charge in [-0.2, -0.15) is 8.42 Å². The maximum atomic E-state index is 10.0. The van der Waals surface area contributed by atoms with Gasteiger partial charge in [0.05, 0.1) is 5.25 Å². The first-order valence-electron chi connectivity index (χ1n) is 2.15. The van der Waals surface area contributed by atoms with E-state index in [1.165, 1.54) is 6.92 Å². The normalized spacial score (nSPS) is 12.7. The maximum absolute atomic E-state index is 10.0. The van der Waals surface area contributed by atoms with Gasteiger partial charge >= 0.3 is 0 Å². The van der Waals surface area contributed by atoms with Gasteiger partial charge in [0, 0.05) is 65.7 Å². The Morgan fingerprint density at radius 3 is 1.80 bits per heavy atom. The molecule has 0 aromatic heterocycles. The number of hydrogen-bond donors (Lipinski definition) is 2. The molecule has 0 spiro atoms. The summed E-state index contributed by atoms with van der Waals surface area (Å²) in [6, 6.07) is 0. The van der Waals surface area contributed by atoms with Gasteiger partial charge in [0.1, 0.15) is 0 Å². The van der Waals surface area contributed by atoms with Crippen LogP contribution >= 0.6 is 0 Å². The molecule has 0 aliphatic carbocycles. The first kappa shape index (κ1) is 17.8. The minimum Gasteiger partial charge on any atom is -0.329 e. The molecule has 1 atom stereocenters. The molecule has 52 valence electrons. The van der Waals surface area contributed by atoms with Crippen molar-refractivity contribution in [3.05, 3.63) is 0 Å². The molecule has 0 aromatic rings. The third-order valence-corrected chi connectivity index (χ3v) is 2.05. The molecule has 0 aliphatic rings. The fourth-order valence-electron chi connectivity index (χ4n) is 0.122. The van der Waals surface area contributed by atoms with E-state index in [2.05, 4.69) is 0 Å². The molecule has 7 heteroatoms. The largest absolute Gasteiger partial charge is 0.329 e. The van der Waals surface area contributed by atoms with Crippen LogP contribution in [0.1, 0.15) is 6.92 Å². The zero-order chi connectivity index (χ0) is 6.78. The summed E-state index contributed by atoms with van der Waals surface area (Å²) in [7, 11) is -3.88. The van der Waals surface area contributed by atoms with E-state index in [0.717, 1.165) is 0 Å². The second-order valence-corrected chi connectivity index (χ2v) is 3.40. The van der Waals surface area contributed by atoms with Gasteiger partial charge in [0.25, 0.3) is 10.1 Å². The van der Waals surface area contributed by atoms with Crippen LogP contribution in [0.15, 0.2) is 0 Å². The van der Waals surface area contributed by atoms with E-state index in [0.29, 0.717) is 0 Å². The standard InChI is InChI=1S/C3H9NO3S.2Na/c1-3(2-4)8(5,6)7;;/h3H,2,4H2,1H3,(H,5,6,7);;. The van der Waals surface area contributed by atoms with Gasteiger partial charge in [-0.15, -0.1) is 0 Å². The van der Waals surface area contributed by atoms with Gasteiger partial charge < -0.3 is 5.73 Å². The van der Waals surface area contributed by atoms with E-state index < -0.39 is 15.4 Å². The molecule has 0 heterocycles. The summed E-state index contributed by atoms with van der Waals surface area (Å²) < 4.78 is 28.3. The number of nitrogens with two attached hydrogens (primary N) is 1. The Kier molecular flexibility index (Phi) is 13.4. The molecular weight excluding hydrogens is 176 g/mol. The summed E-state index contributed by atoms with van der Waals surface area (Å²) in [5.41, 5.74) is 4.92. The van der Waals surface area contributed by atoms with Gasteiger partial charge in [0.15, 0.2) is 0 Å². The van der Waals surface area contributed by atoms with Crippen molar-refractivity contribution in [2.75, 3.05) is 6.54 Å². The van der Waals surface area contributed by atoms with Gasteiger partial charge in [-0.3, -0.25) is 4.55 Å². The van der Waals surface area contributed by atoms with Crippen molar-refractivity contribution in [2.45, 2.75) is 12.2 Å². The molecule has 0 aliphatic heterocycles. The molecule has 0 saturated heterocycles. The summed E-state index contributed by atoms with van der Waals surface area (Å²) in [6.45, 7) is 1.30. The van der Waals surface area contributed by atoms with Crippen molar-refractivity contribution in [1.29, 1.82) is 0 Å². The van der Waals surface area contributed by atoms with E-state index in [-0.39, 0.29) is 65.7 Å². The Bertz CT molecular complexity index is 157. The second kappa shape index (κ2) is 7.52. The summed E-state index contributed by atoms with van der Waals surface area (Å²) in [5, 5.41) is -0.845. The van der Waals surface area contributed by atoms with Crippen LogP contribution in [-0.4, -0.2) is 83.9 Å². The van der Waals surface area contributed by atoms with E-state index in [1.54, 1.807) is 0 Å². The second-order valence-electron chi connectivity index (χ2n) is 1.56. The van der Waals surface area contributed by atoms with Crippen LogP contribution in [0.3, 0.4) is 0 Å². The molecule has 1 unspecified atom stereocenters. The van der Waals surface area contributed by atoms with Crippen molar-refractivity contribution in [3.63, 3.8) is 0 Å². The Labute approximate surface area is 105 Å². The minimum absolute atomic E-state index is 0. The fraction of sp³-hybridized carbons (Fsp3) is 1.00. The zero-order valence-corrected chi connectivity index (χ0v) is 11.4. The van der Waals surface area contributed by atoms with Gasteiger partial charge in [0.2, 0.25) is 0 Å². The molecule has 4 nitrogen and oxygen atoms in total. The summed E-state index contributed by atoms with van der Waals surface area (Å²) in [6.07, 6.45) is 0. The molecule has 0 amide bonds. The average molecular weight is 185 g/mol. The van der Waals surface area contributed by atoms with Gasteiger partial charge in [-0.05, 0) is 6.92 Å². The average Bonchev–Trinajstić information content (AvgIpc) is 1.62. The number of hydrogen-bond acceptors (Lipinski definition) is 3. The van der Waals surface area contributed by atoms with Gasteiger partial charge in [-0.1, -0.05) is 0 Å². The first-order valence-corrected chi connectivity index (χ1v) is 3.65. The Morgan fingerprint density at radius 1 is 1.50 bits per heavy atom. The molecule has 10 heavy (non-hydrogen) atoms. The number of rotatable bonds is 2. The van der Waals surface area contributed by atoms with Crippen LogP contribution in [-0.2, 0) is 10.1 Å². The molecule has 0 bridgehead atoms. The fourth-order valence-corrected chi connectivity index (χ4v) is 0.365. The Hall–Kier alpha value is 1.87. The predicted molar refractivity (Wildman–Crippen MR) is 41.6 cm³/mol. The summed E-state index contributed by atoms with van der Waals surface area (Å²) >= 11 is 0. The Morgan fingerprint density at radius 2 is 1.80 bits per heavy atom. The van der Waals surface area contributed by atoms with Crippen LogP contribution in [0.4, 0.5) is 0 Å². The molecule has 0 saturated carbocycles. The summed E-state index contributed by atoms with van der Waals surface area (Å²) in [4.78, 5) is 0. The quantitative estimate of drug-likeness (QED) is 0.403. The predicted octanol–water partition coefficient (Wildman–Crippen LogP) is -1.54. The molecule has 0 aromatic carbocycles. The van der Waals surface area contributed by atoms with Gasteiger partial charge in [-0.25, -0.2) is 0 Å². The topological polar surface area (TPSA) is 80.4 Å². The van der Waals surface area contributed by atoms with Crippen LogP contribution in [0.2, 0.25) is 0 Å². The third-order valence-electron chi connectivity index (χ3n) is 0.840. The summed E-state index contributed by atoms with van der Waals surface area (Å²) in [5.74, 6) is 0. The molecule has 0 fully saturated rings. The SMILES string of the molecule is CC(CN)S(=O)(=O)O.[Na].[Na]. The van der Waals surface area contributed by atoms with E-state index in [4.69, 9.17) is 10.3 Å². The first-order chi connectivity index (χ1) is 3.48. The van der Waals surface area contributed by atoms with E-state index >= 15 is 0 Å². The van der Waals surface area contributed by atoms with Crippen LogP contribution in [0.5, 0.6) is 0 Å². The minimum atomic E-state index is -3.88. The van der Waals surface area contributed by atoms with Crippen molar-refractivity contribution in [3.8, 4) is 0 Å². The van der Waals surface area contributed by atoms with Crippen molar-refractivity contribution < 1.29 is 13.0 Å². The molecular formula is C3H9NNa2O3S. The Balaban J connectivity index is -0.000000245. The molecule has 3 N–H and O–H groups in total. The zero-order valence-electron chi connectivity index (χ0n) is 6.53. The van der Waals surface area contributed by atoms with Crippen molar-refractivity contribution in [1.82, 2.24) is 0 Å². The van der Waals surface area contributed by atoms with Crippen LogP contribution in [0.25, 0.3) is 0 Å². The molecule has 2 radical (unpaired) electrons. The monoisotopic (exact) mass is 185 g/mol. The van der Waals surface area contributed by atoms with Crippen LogP contribution < -0.4 is 5.73 Å². The van der Waals surface area contributed by atoms with Crippen molar-refractivity contribution in [2.24, 2.45) is 5.73 Å². The maximum Gasteiger partial charge on any atom is 0.268 e. The third kappa shape index (κ3) is 7.97. The smallest absolute Gasteiger partial charge is 0.268 e. The van der Waals surface area contributed by atoms with Crippen LogP contribution in [0, 0.1) is 0 Å².